The molecule has 122 valence electrons. The van der Waals surface area contributed by atoms with E-state index in [1.165, 1.54) is 11.1 Å². The molecule has 1 amide bonds. The van der Waals surface area contributed by atoms with Crippen molar-refractivity contribution < 1.29 is 4.79 Å². The van der Waals surface area contributed by atoms with Crippen molar-refractivity contribution in [3.63, 3.8) is 0 Å². The fraction of sp³-hybridized carbons (Fsp3) is 0.611. The van der Waals surface area contributed by atoms with E-state index >= 15 is 0 Å². The molecule has 0 saturated carbocycles. The lowest BCUT2D eigenvalue weighted by Gasteiger charge is -2.31. The predicted octanol–water partition coefficient (Wildman–Crippen LogP) is 1.93. The summed E-state index contributed by atoms with van der Waals surface area (Å²) in [5.74, 6) is 0.109. The first-order valence-corrected chi connectivity index (χ1v) is 8.42. The number of rotatable bonds is 7. The quantitative estimate of drug-likeness (QED) is 0.809. The van der Waals surface area contributed by atoms with Crippen molar-refractivity contribution in [2.45, 2.75) is 39.7 Å². The molecule has 3 N–H and O–H groups in total. The molecule has 0 aromatic heterocycles. The Hall–Kier alpha value is -1.39. The smallest absolute Gasteiger partial charge is 0.227 e. The number of benzene rings is 1. The van der Waals surface area contributed by atoms with Crippen LogP contribution in [0.5, 0.6) is 0 Å². The molecule has 4 heteroatoms. The van der Waals surface area contributed by atoms with Crippen LogP contribution in [-0.4, -0.2) is 37.0 Å². The Morgan fingerprint density at radius 1 is 1.27 bits per heavy atom. The third kappa shape index (κ3) is 3.68. The Bertz CT molecular complexity index is 489. The second kappa shape index (κ2) is 7.75. The van der Waals surface area contributed by atoms with E-state index < -0.39 is 5.41 Å². The van der Waals surface area contributed by atoms with Crippen molar-refractivity contribution in [3.05, 3.63) is 35.4 Å². The van der Waals surface area contributed by atoms with Gasteiger partial charge in [0.25, 0.3) is 0 Å². The van der Waals surface area contributed by atoms with Gasteiger partial charge >= 0.3 is 0 Å². The highest BCUT2D eigenvalue weighted by Crippen LogP contribution is 2.24. The third-order valence-corrected chi connectivity index (χ3v) is 5.15. The molecule has 0 bridgehead atoms. The van der Waals surface area contributed by atoms with Crippen molar-refractivity contribution in [1.82, 2.24) is 10.2 Å². The first kappa shape index (κ1) is 17.0. The summed E-state index contributed by atoms with van der Waals surface area (Å²) in [6.07, 6.45) is 2.69. The zero-order chi connectivity index (χ0) is 16.0. The van der Waals surface area contributed by atoms with E-state index in [2.05, 4.69) is 34.5 Å². The minimum Gasteiger partial charge on any atom is -0.354 e. The fourth-order valence-corrected chi connectivity index (χ4v) is 3.21. The number of carbonyl (C=O) groups excluding carboxylic acids is 1. The molecule has 22 heavy (non-hydrogen) atoms. The Morgan fingerprint density at radius 2 is 1.95 bits per heavy atom. The minimum atomic E-state index is -0.394. The van der Waals surface area contributed by atoms with Gasteiger partial charge in [-0.25, -0.2) is 0 Å². The largest absolute Gasteiger partial charge is 0.354 e. The lowest BCUT2D eigenvalue weighted by Crippen LogP contribution is -2.47. The monoisotopic (exact) mass is 303 g/mol. The SMILES string of the molecule is CCC(CC)(CN)C(=O)NCCN1CCc2ccccc2C1. The molecular formula is C18H29N3O. The summed E-state index contributed by atoms with van der Waals surface area (Å²) in [6, 6.07) is 8.62. The summed E-state index contributed by atoms with van der Waals surface area (Å²) in [5.41, 5.74) is 8.31. The van der Waals surface area contributed by atoms with Crippen LogP contribution >= 0.6 is 0 Å². The maximum atomic E-state index is 12.4. The molecule has 1 aliphatic rings. The molecule has 0 aliphatic carbocycles. The van der Waals surface area contributed by atoms with E-state index in [4.69, 9.17) is 5.73 Å². The molecule has 0 fully saturated rings. The average molecular weight is 303 g/mol. The van der Waals surface area contributed by atoms with E-state index in [-0.39, 0.29) is 5.91 Å². The summed E-state index contributed by atoms with van der Waals surface area (Å²) in [7, 11) is 0. The van der Waals surface area contributed by atoms with E-state index in [1.807, 2.05) is 13.8 Å². The molecule has 0 saturated heterocycles. The first-order chi connectivity index (χ1) is 10.6. The minimum absolute atomic E-state index is 0.109. The van der Waals surface area contributed by atoms with Crippen LogP contribution < -0.4 is 11.1 Å². The Morgan fingerprint density at radius 3 is 2.59 bits per heavy atom. The molecule has 1 heterocycles. The zero-order valence-corrected chi connectivity index (χ0v) is 13.9. The summed E-state index contributed by atoms with van der Waals surface area (Å²) < 4.78 is 0. The van der Waals surface area contributed by atoms with Gasteiger partial charge in [0.1, 0.15) is 0 Å². The normalized spacial score (nSPS) is 15.4. The molecule has 1 aromatic carbocycles. The second-order valence-electron chi connectivity index (χ2n) is 6.24. The number of hydrogen-bond donors (Lipinski definition) is 2. The van der Waals surface area contributed by atoms with Crippen LogP contribution in [-0.2, 0) is 17.8 Å². The van der Waals surface area contributed by atoms with Crippen molar-refractivity contribution in [3.8, 4) is 0 Å². The van der Waals surface area contributed by atoms with Crippen LogP contribution in [0.15, 0.2) is 24.3 Å². The van der Waals surface area contributed by atoms with Crippen LogP contribution in [0.4, 0.5) is 0 Å². The molecule has 0 atom stereocenters. The van der Waals surface area contributed by atoms with Crippen molar-refractivity contribution in [2.24, 2.45) is 11.1 Å². The van der Waals surface area contributed by atoms with Crippen molar-refractivity contribution >= 4 is 5.91 Å². The maximum Gasteiger partial charge on any atom is 0.227 e. The number of fused-ring (bicyclic) bond motifs is 1. The molecule has 0 radical (unpaired) electrons. The first-order valence-electron chi connectivity index (χ1n) is 8.42. The van der Waals surface area contributed by atoms with E-state index in [0.717, 1.165) is 38.9 Å². The number of nitrogens with zero attached hydrogens (tertiary/aromatic N) is 1. The predicted molar refractivity (Wildman–Crippen MR) is 90.5 cm³/mol. The van der Waals surface area contributed by atoms with E-state index in [0.29, 0.717) is 13.1 Å². The molecule has 0 spiro atoms. The molecular weight excluding hydrogens is 274 g/mol. The van der Waals surface area contributed by atoms with Gasteiger partial charge in [-0.1, -0.05) is 38.1 Å². The Labute approximate surface area is 134 Å². The molecule has 1 aromatic rings. The molecule has 0 unspecified atom stereocenters. The topological polar surface area (TPSA) is 58.4 Å². The van der Waals surface area contributed by atoms with Gasteiger partial charge < -0.3 is 11.1 Å². The van der Waals surface area contributed by atoms with Crippen molar-refractivity contribution in [2.75, 3.05) is 26.2 Å². The van der Waals surface area contributed by atoms with Gasteiger partial charge in [-0.3, -0.25) is 9.69 Å². The summed E-state index contributed by atoms with van der Waals surface area (Å²) in [6.45, 7) is 8.14. The highest BCUT2D eigenvalue weighted by atomic mass is 16.2. The fourth-order valence-electron chi connectivity index (χ4n) is 3.21. The van der Waals surface area contributed by atoms with E-state index in [1.54, 1.807) is 0 Å². The average Bonchev–Trinajstić information content (AvgIpc) is 2.57. The van der Waals surface area contributed by atoms with Crippen LogP contribution in [0.25, 0.3) is 0 Å². The van der Waals surface area contributed by atoms with Gasteiger partial charge in [-0.05, 0) is 30.4 Å². The molecule has 2 rings (SSSR count). The van der Waals surface area contributed by atoms with Crippen LogP contribution in [0, 0.1) is 5.41 Å². The lowest BCUT2D eigenvalue weighted by atomic mass is 9.81. The number of amides is 1. The highest BCUT2D eigenvalue weighted by molar-refractivity contribution is 5.82. The maximum absolute atomic E-state index is 12.4. The van der Waals surface area contributed by atoms with Crippen molar-refractivity contribution in [1.29, 1.82) is 0 Å². The second-order valence-corrected chi connectivity index (χ2v) is 6.24. The lowest BCUT2D eigenvalue weighted by molar-refractivity contribution is -0.131. The number of carbonyl (C=O) groups is 1. The molecule has 1 aliphatic heterocycles. The summed E-state index contributed by atoms with van der Waals surface area (Å²) in [5, 5.41) is 3.09. The number of nitrogens with one attached hydrogen (secondary N) is 1. The van der Waals surface area contributed by atoms with Crippen LogP contribution in [0.2, 0.25) is 0 Å². The molecule has 4 nitrogen and oxygen atoms in total. The zero-order valence-electron chi connectivity index (χ0n) is 13.9. The van der Waals surface area contributed by atoms with Gasteiger partial charge in [0.15, 0.2) is 0 Å². The summed E-state index contributed by atoms with van der Waals surface area (Å²) >= 11 is 0. The van der Waals surface area contributed by atoms with Gasteiger partial charge in [0, 0.05) is 32.7 Å². The Kier molecular flexibility index (Phi) is 5.98. The Balaban J connectivity index is 1.81. The number of nitrogens with two attached hydrogens (primary N) is 1. The van der Waals surface area contributed by atoms with Gasteiger partial charge in [-0.15, -0.1) is 0 Å². The van der Waals surface area contributed by atoms with Crippen LogP contribution in [0.3, 0.4) is 0 Å². The third-order valence-electron chi connectivity index (χ3n) is 5.15. The van der Waals surface area contributed by atoms with E-state index in [9.17, 15) is 4.79 Å². The van der Waals surface area contributed by atoms with Gasteiger partial charge in [-0.2, -0.15) is 0 Å². The van der Waals surface area contributed by atoms with Gasteiger partial charge in [0.2, 0.25) is 5.91 Å². The summed E-state index contributed by atoms with van der Waals surface area (Å²) in [4.78, 5) is 14.8. The number of hydrogen-bond acceptors (Lipinski definition) is 3. The van der Waals surface area contributed by atoms with Gasteiger partial charge in [0.05, 0.1) is 5.41 Å². The standard InChI is InChI=1S/C18H29N3O/c1-3-18(4-2,14-19)17(22)20-10-12-21-11-9-15-7-5-6-8-16(15)13-21/h5-8H,3-4,9-14,19H2,1-2H3,(H,20,22). The van der Waals surface area contributed by atoms with Crippen LogP contribution in [0.1, 0.15) is 37.8 Å². The highest BCUT2D eigenvalue weighted by Gasteiger charge is 2.32.